The van der Waals surface area contributed by atoms with Gasteiger partial charge in [-0.3, -0.25) is 19.8 Å². The Morgan fingerprint density at radius 1 is 1.04 bits per heavy atom. The predicted molar refractivity (Wildman–Crippen MR) is 95.6 cm³/mol. The van der Waals surface area contributed by atoms with E-state index in [1.165, 1.54) is 12.2 Å². The topological polar surface area (TPSA) is 71.4 Å². The minimum atomic E-state index is -0.735. The van der Waals surface area contributed by atoms with Crippen molar-refractivity contribution >= 4 is 34.8 Å². The van der Waals surface area contributed by atoms with Crippen LogP contribution in [0.3, 0.4) is 0 Å². The summed E-state index contributed by atoms with van der Waals surface area (Å²) in [6, 6.07) is 6.94. The van der Waals surface area contributed by atoms with Gasteiger partial charge in [0.05, 0.1) is 0 Å². The van der Waals surface area contributed by atoms with E-state index in [-0.39, 0.29) is 12.1 Å². The van der Waals surface area contributed by atoms with Crippen LogP contribution in [0.2, 0.25) is 0 Å². The predicted octanol–water partition coefficient (Wildman–Crippen LogP) is 2.48. The number of para-hydroxylation sites is 1. The summed E-state index contributed by atoms with van der Waals surface area (Å²) < 4.78 is 1.98. The Morgan fingerprint density at radius 2 is 1.76 bits per heavy atom. The molecule has 0 saturated carbocycles. The fourth-order valence-electron chi connectivity index (χ4n) is 2.82. The van der Waals surface area contributed by atoms with Gasteiger partial charge in [0.1, 0.15) is 5.57 Å². The summed E-state index contributed by atoms with van der Waals surface area (Å²) in [6.07, 6.45) is 6.57. The molecular formula is C19H17N3O3. The molecule has 0 atom stereocenters. The number of hydrogen-bond acceptors (Lipinski definition) is 3. The zero-order chi connectivity index (χ0) is 18.0. The highest BCUT2D eigenvalue weighted by atomic mass is 16.2. The maximum Gasteiger partial charge on any atom is 0.331 e. The first kappa shape index (κ1) is 16.4. The van der Waals surface area contributed by atoms with Gasteiger partial charge in [-0.2, -0.15) is 0 Å². The standard InChI is InChI=1S/C19H17N3O3/c1-3-9-21-12-13(14-7-5-6-8-16(14)21)11-15-17(23)20-19(25)22(10-4-2)18(15)24/h3-8,11-12H,1-2,9-10H2,(H,20,23,25)/b15-11+. The van der Waals surface area contributed by atoms with E-state index in [1.54, 1.807) is 6.08 Å². The molecule has 25 heavy (non-hydrogen) atoms. The molecule has 126 valence electrons. The number of urea groups is 1. The molecule has 1 aromatic heterocycles. The second-order valence-electron chi connectivity index (χ2n) is 5.56. The van der Waals surface area contributed by atoms with E-state index in [2.05, 4.69) is 18.5 Å². The Hall–Kier alpha value is -3.41. The normalized spacial score (nSPS) is 16.4. The van der Waals surface area contributed by atoms with Crippen LogP contribution in [0.1, 0.15) is 5.56 Å². The number of fused-ring (bicyclic) bond motifs is 1. The second-order valence-corrected chi connectivity index (χ2v) is 5.56. The average molecular weight is 335 g/mol. The second kappa shape index (κ2) is 6.60. The summed E-state index contributed by atoms with van der Waals surface area (Å²) in [6.45, 7) is 7.91. The molecule has 0 radical (unpaired) electrons. The Labute approximate surface area is 144 Å². The molecule has 6 nitrogen and oxygen atoms in total. The number of rotatable bonds is 5. The molecule has 0 bridgehead atoms. The molecule has 1 aliphatic rings. The molecule has 0 aliphatic carbocycles. The van der Waals surface area contributed by atoms with Crippen molar-refractivity contribution in [2.75, 3.05) is 6.54 Å². The highest BCUT2D eigenvalue weighted by Gasteiger charge is 2.35. The quantitative estimate of drug-likeness (QED) is 0.518. The molecule has 4 amide bonds. The lowest BCUT2D eigenvalue weighted by atomic mass is 10.1. The van der Waals surface area contributed by atoms with E-state index >= 15 is 0 Å². The van der Waals surface area contributed by atoms with Crippen LogP contribution in [0.25, 0.3) is 17.0 Å². The van der Waals surface area contributed by atoms with Crippen LogP contribution in [0.15, 0.2) is 61.3 Å². The Kier molecular flexibility index (Phi) is 4.35. The highest BCUT2D eigenvalue weighted by Crippen LogP contribution is 2.25. The summed E-state index contributed by atoms with van der Waals surface area (Å²) in [5.41, 5.74) is 1.61. The van der Waals surface area contributed by atoms with Gasteiger partial charge in [-0.05, 0) is 12.1 Å². The number of hydrogen-bond donors (Lipinski definition) is 1. The lowest BCUT2D eigenvalue weighted by Crippen LogP contribution is -2.54. The van der Waals surface area contributed by atoms with Gasteiger partial charge >= 0.3 is 6.03 Å². The Bertz CT molecular complexity index is 937. The van der Waals surface area contributed by atoms with Crippen molar-refractivity contribution in [3.8, 4) is 0 Å². The van der Waals surface area contributed by atoms with Crippen LogP contribution in [0, 0.1) is 0 Å². The van der Waals surface area contributed by atoms with E-state index < -0.39 is 17.8 Å². The third kappa shape index (κ3) is 2.89. The number of carbonyl (C=O) groups is 3. The van der Waals surface area contributed by atoms with Crippen LogP contribution < -0.4 is 5.32 Å². The summed E-state index contributed by atoms with van der Waals surface area (Å²) in [5, 5.41) is 3.09. The van der Waals surface area contributed by atoms with Crippen LogP contribution in [0.4, 0.5) is 4.79 Å². The Balaban J connectivity index is 2.10. The fraction of sp³-hybridized carbons (Fsp3) is 0.105. The highest BCUT2D eigenvalue weighted by molar-refractivity contribution is 6.31. The monoisotopic (exact) mass is 335 g/mol. The van der Waals surface area contributed by atoms with E-state index in [0.717, 1.165) is 21.4 Å². The molecule has 0 unspecified atom stereocenters. The minimum Gasteiger partial charge on any atom is -0.343 e. The largest absolute Gasteiger partial charge is 0.343 e. The lowest BCUT2D eigenvalue weighted by molar-refractivity contribution is -0.129. The van der Waals surface area contributed by atoms with Crippen molar-refractivity contribution in [3.63, 3.8) is 0 Å². The first-order chi connectivity index (χ1) is 12.1. The summed E-state index contributed by atoms with van der Waals surface area (Å²) in [4.78, 5) is 37.4. The van der Waals surface area contributed by atoms with Crippen molar-refractivity contribution in [1.82, 2.24) is 14.8 Å². The summed E-state index contributed by atoms with van der Waals surface area (Å²) in [5.74, 6) is -1.33. The van der Waals surface area contributed by atoms with Crippen LogP contribution in [-0.4, -0.2) is 33.9 Å². The number of allylic oxidation sites excluding steroid dienone is 1. The SMILES string of the molecule is C=CCN1C(=O)NC(=O)/C(=C\c2cn(CC=C)c3ccccc23)C1=O. The summed E-state index contributed by atoms with van der Waals surface area (Å²) >= 11 is 0. The first-order valence-electron chi connectivity index (χ1n) is 7.75. The van der Waals surface area contributed by atoms with Crippen molar-refractivity contribution in [3.05, 3.63) is 66.9 Å². The number of nitrogens with one attached hydrogen (secondary N) is 1. The van der Waals surface area contributed by atoms with Gasteiger partial charge in [-0.1, -0.05) is 30.4 Å². The van der Waals surface area contributed by atoms with Gasteiger partial charge in [0.15, 0.2) is 0 Å². The fourth-order valence-corrected chi connectivity index (χ4v) is 2.82. The maximum absolute atomic E-state index is 12.5. The number of imide groups is 2. The minimum absolute atomic E-state index is 0.0352. The molecule has 1 fully saturated rings. The number of amides is 4. The van der Waals surface area contributed by atoms with Crippen molar-refractivity contribution < 1.29 is 14.4 Å². The molecular weight excluding hydrogens is 318 g/mol. The molecule has 1 aliphatic heterocycles. The van der Waals surface area contributed by atoms with Crippen LogP contribution in [0.5, 0.6) is 0 Å². The first-order valence-corrected chi connectivity index (χ1v) is 7.75. The average Bonchev–Trinajstić information content (AvgIpc) is 2.94. The van der Waals surface area contributed by atoms with Gasteiger partial charge in [0.2, 0.25) is 0 Å². The van der Waals surface area contributed by atoms with Gasteiger partial charge in [-0.25, -0.2) is 4.79 Å². The molecule has 1 N–H and O–H groups in total. The van der Waals surface area contributed by atoms with Crippen LogP contribution >= 0.6 is 0 Å². The number of barbiturate groups is 1. The van der Waals surface area contributed by atoms with Gasteiger partial charge < -0.3 is 4.57 Å². The molecule has 1 aromatic carbocycles. The number of aromatic nitrogens is 1. The van der Waals surface area contributed by atoms with Crippen molar-refractivity contribution in [2.24, 2.45) is 0 Å². The zero-order valence-corrected chi connectivity index (χ0v) is 13.6. The molecule has 1 saturated heterocycles. The smallest absolute Gasteiger partial charge is 0.331 e. The number of carbonyl (C=O) groups excluding carboxylic acids is 3. The molecule has 6 heteroatoms. The number of nitrogens with zero attached hydrogens (tertiary/aromatic N) is 2. The van der Waals surface area contributed by atoms with Crippen molar-refractivity contribution in [1.29, 1.82) is 0 Å². The molecule has 3 rings (SSSR count). The third-order valence-electron chi connectivity index (χ3n) is 3.94. The van der Waals surface area contributed by atoms with Gasteiger partial charge in [0, 0.05) is 35.8 Å². The van der Waals surface area contributed by atoms with Crippen LogP contribution in [-0.2, 0) is 16.1 Å². The summed E-state index contributed by atoms with van der Waals surface area (Å²) in [7, 11) is 0. The molecule has 0 spiro atoms. The Morgan fingerprint density at radius 3 is 2.48 bits per heavy atom. The van der Waals surface area contributed by atoms with E-state index in [9.17, 15) is 14.4 Å². The van der Waals surface area contributed by atoms with Gasteiger partial charge in [-0.15, -0.1) is 13.2 Å². The zero-order valence-electron chi connectivity index (χ0n) is 13.6. The third-order valence-corrected chi connectivity index (χ3v) is 3.94. The van der Waals surface area contributed by atoms with E-state index in [1.807, 2.05) is 35.0 Å². The number of benzene rings is 1. The van der Waals surface area contributed by atoms with Gasteiger partial charge in [0.25, 0.3) is 11.8 Å². The lowest BCUT2D eigenvalue weighted by Gasteiger charge is -2.25. The molecule has 2 aromatic rings. The van der Waals surface area contributed by atoms with E-state index in [0.29, 0.717) is 6.54 Å². The molecule has 2 heterocycles. The van der Waals surface area contributed by atoms with E-state index in [4.69, 9.17) is 0 Å². The maximum atomic E-state index is 12.5. The van der Waals surface area contributed by atoms with Crippen molar-refractivity contribution in [2.45, 2.75) is 6.54 Å².